The number of carbonyl (C=O) groups is 2. The Morgan fingerprint density at radius 3 is 2.85 bits per heavy atom. The van der Waals surface area contributed by atoms with E-state index in [9.17, 15) is 14.7 Å². The minimum absolute atomic E-state index is 0.0256. The molecule has 1 aliphatic heterocycles. The normalized spacial score (nSPS) is 20.6. The molecule has 1 aromatic heterocycles. The van der Waals surface area contributed by atoms with E-state index in [0.29, 0.717) is 31.6 Å². The highest BCUT2D eigenvalue weighted by molar-refractivity contribution is 5.76. The van der Waals surface area contributed by atoms with Crippen molar-refractivity contribution in [2.75, 3.05) is 26.7 Å². The van der Waals surface area contributed by atoms with E-state index >= 15 is 0 Å². The number of aliphatic hydroxyl groups is 1. The van der Waals surface area contributed by atoms with Crippen molar-refractivity contribution in [2.45, 2.75) is 58.6 Å². The van der Waals surface area contributed by atoms with Crippen molar-refractivity contribution < 1.29 is 24.2 Å². The highest BCUT2D eigenvalue weighted by Gasteiger charge is 2.29. The standard InChI is InChI=1S/C24H35N5O5/c1-18-12-29(19(2)15-30)23(31)10-7-11-28-13-21(25-26-28)17-33-22(18)14-27(3)24(32)34-16-20-8-5-4-6-9-20/h4-6,8-9,13,18-19,22,30H,7,10-12,14-17H2,1-3H3/t18-,19+,22+/m0/s1. The molecule has 2 bridgehead atoms. The number of benzene rings is 1. The van der Waals surface area contributed by atoms with Crippen LogP contribution >= 0.6 is 0 Å². The van der Waals surface area contributed by atoms with Crippen LogP contribution in [0.5, 0.6) is 0 Å². The predicted octanol–water partition coefficient (Wildman–Crippen LogP) is 2.07. The second-order valence-corrected chi connectivity index (χ2v) is 8.90. The van der Waals surface area contributed by atoms with Crippen LogP contribution in [0.3, 0.4) is 0 Å². The molecule has 0 radical (unpaired) electrons. The Bertz CT molecular complexity index is 921. The molecule has 0 aliphatic carbocycles. The Hall–Kier alpha value is -2.98. The smallest absolute Gasteiger partial charge is 0.409 e. The van der Waals surface area contributed by atoms with Crippen molar-refractivity contribution in [1.82, 2.24) is 24.8 Å². The fourth-order valence-electron chi connectivity index (χ4n) is 3.87. The van der Waals surface area contributed by atoms with Gasteiger partial charge in [0.25, 0.3) is 0 Å². The van der Waals surface area contributed by atoms with Gasteiger partial charge in [-0.2, -0.15) is 0 Å². The summed E-state index contributed by atoms with van der Waals surface area (Å²) >= 11 is 0. The van der Waals surface area contributed by atoms with E-state index in [0.717, 1.165) is 5.56 Å². The lowest BCUT2D eigenvalue weighted by Gasteiger charge is -2.35. The van der Waals surface area contributed by atoms with Gasteiger partial charge >= 0.3 is 6.09 Å². The third kappa shape index (κ3) is 7.26. The van der Waals surface area contributed by atoms with Gasteiger partial charge in [-0.25, -0.2) is 4.79 Å². The van der Waals surface area contributed by atoms with E-state index in [-0.39, 0.29) is 50.3 Å². The number of hydrogen-bond donors (Lipinski definition) is 1. The van der Waals surface area contributed by atoms with Gasteiger partial charge < -0.3 is 24.4 Å². The highest BCUT2D eigenvalue weighted by Crippen LogP contribution is 2.18. The third-order valence-corrected chi connectivity index (χ3v) is 6.02. The number of rotatable bonds is 6. The fourth-order valence-corrected chi connectivity index (χ4v) is 3.87. The van der Waals surface area contributed by atoms with Crippen LogP contribution in [0.1, 0.15) is 37.9 Å². The molecule has 2 aromatic rings. The minimum Gasteiger partial charge on any atom is -0.445 e. The Labute approximate surface area is 200 Å². The summed E-state index contributed by atoms with van der Waals surface area (Å²) in [6.45, 7) is 5.37. The lowest BCUT2D eigenvalue weighted by molar-refractivity contribution is -0.136. The van der Waals surface area contributed by atoms with Gasteiger partial charge in [0.2, 0.25) is 5.91 Å². The summed E-state index contributed by atoms with van der Waals surface area (Å²) in [7, 11) is 1.67. The molecule has 186 valence electrons. The van der Waals surface area contributed by atoms with Gasteiger partial charge in [0.1, 0.15) is 12.3 Å². The van der Waals surface area contributed by atoms with Crippen LogP contribution in [0.4, 0.5) is 4.79 Å². The third-order valence-electron chi connectivity index (χ3n) is 6.02. The van der Waals surface area contributed by atoms with Gasteiger partial charge in [-0.15, -0.1) is 5.10 Å². The first-order valence-corrected chi connectivity index (χ1v) is 11.7. The van der Waals surface area contributed by atoms with Crippen molar-refractivity contribution in [2.24, 2.45) is 5.92 Å². The molecule has 10 heteroatoms. The Morgan fingerprint density at radius 1 is 1.35 bits per heavy atom. The van der Waals surface area contributed by atoms with Gasteiger partial charge in [0, 0.05) is 32.5 Å². The molecule has 0 saturated heterocycles. The van der Waals surface area contributed by atoms with Crippen LogP contribution in [0.25, 0.3) is 0 Å². The van der Waals surface area contributed by atoms with E-state index < -0.39 is 6.09 Å². The first-order chi connectivity index (χ1) is 16.4. The average Bonchev–Trinajstić information content (AvgIpc) is 3.30. The molecule has 0 unspecified atom stereocenters. The van der Waals surface area contributed by atoms with Crippen molar-refractivity contribution in [3.05, 3.63) is 47.8 Å². The Balaban J connectivity index is 1.70. The molecule has 0 fully saturated rings. The van der Waals surface area contributed by atoms with E-state index in [2.05, 4.69) is 10.3 Å². The van der Waals surface area contributed by atoms with E-state index in [1.807, 2.05) is 50.4 Å². The van der Waals surface area contributed by atoms with Crippen LogP contribution in [0.15, 0.2) is 36.5 Å². The number of hydrogen-bond acceptors (Lipinski definition) is 7. The number of ether oxygens (including phenoxy) is 2. The summed E-state index contributed by atoms with van der Waals surface area (Å²) < 4.78 is 13.3. The maximum Gasteiger partial charge on any atom is 0.409 e. The maximum atomic E-state index is 12.9. The Morgan fingerprint density at radius 2 is 2.12 bits per heavy atom. The van der Waals surface area contributed by atoms with E-state index in [4.69, 9.17) is 9.47 Å². The summed E-state index contributed by atoms with van der Waals surface area (Å²) in [5, 5.41) is 18.0. The van der Waals surface area contributed by atoms with Gasteiger partial charge in [-0.1, -0.05) is 42.5 Å². The molecule has 0 saturated carbocycles. The molecule has 1 aromatic carbocycles. The quantitative estimate of drug-likeness (QED) is 0.684. The molecule has 3 rings (SSSR count). The van der Waals surface area contributed by atoms with Gasteiger partial charge in [0.05, 0.1) is 38.1 Å². The number of likely N-dealkylation sites (N-methyl/N-ethyl adjacent to an activating group) is 1. The van der Waals surface area contributed by atoms with Gasteiger partial charge in [-0.3, -0.25) is 9.48 Å². The topological polar surface area (TPSA) is 110 Å². The van der Waals surface area contributed by atoms with E-state index in [1.165, 1.54) is 4.90 Å². The summed E-state index contributed by atoms with van der Waals surface area (Å²) in [4.78, 5) is 28.7. The SMILES string of the molecule is C[C@H](CO)N1C[C@H](C)[C@@H](CN(C)C(=O)OCc2ccccc2)OCc2cn(nn2)CCCC1=O. The molecule has 3 atom stereocenters. The molecular weight excluding hydrogens is 438 g/mol. The monoisotopic (exact) mass is 473 g/mol. The minimum atomic E-state index is -0.454. The molecular formula is C24H35N5O5. The lowest BCUT2D eigenvalue weighted by Crippen LogP contribution is -2.47. The molecule has 34 heavy (non-hydrogen) atoms. The van der Waals surface area contributed by atoms with Crippen molar-refractivity contribution in [3.63, 3.8) is 0 Å². The largest absolute Gasteiger partial charge is 0.445 e. The second kappa shape index (κ2) is 12.5. The number of aliphatic hydroxyl groups excluding tert-OH is 1. The molecule has 2 heterocycles. The highest BCUT2D eigenvalue weighted by atomic mass is 16.6. The van der Waals surface area contributed by atoms with Crippen LogP contribution in [0.2, 0.25) is 0 Å². The number of aromatic nitrogens is 3. The zero-order chi connectivity index (χ0) is 24.5. The number of amides is 2. The molecule has 1 N–H and O–H groups in total. The number of fused-ring (bicyclic) bond motifs is 2. The second-order valence-electron chi connectivity index (χ2n) is 8.90. The molecule has 10 nitrogen and oxygen atoms in total. The summed E-state index contributed by atoms with van der Waals surface area (Å²) in [6, 6.07) is 9.18. The fraction of sp³-hybridized carbons (Fsp3) is 0.583. The molecule has 0 spiro atoms. The average molecular weight is 474 g/mol. The summed E-state index contributed by atoms with van der Waals surface area (Å²) in [5.41, 5.74) is 1.60. The van der Waals surface area contributed by atoms with Crippen LogP contribution in [-0.2, 0) is 34.0 Å². The zero-order valence-electron chi connectivity index (χ0n) is 20.2. The first-order valence-electron chi connectivity index (χ1n) is 11.7. The summed E-state index contributed by atoms with van der Waals surface area (Å²) in [5.74, 6) is -0.138. The van der Waals surface area contributed by atoms with Crippen molar-refractivity contribution in [1.29, 1.82) is 0 Å². The number of carbonyl (C=O) groups excluding carboxylic acids is 2. The van der Waals surface area contributed by atoms with Crippen LogP contribution in [0, 0.1) is 5.92 Å². The Kier molecular flexibility index (Phi) is 9.41. The van der Waals surface area contributed by atoms with Crippen LogP contribution < -0.4 is 0 Å². The maximum absolute atomic E-state index is 12.9. The van der Waals surface area contributed by atoms with E-state index in [1.54, 1.807) is 16.6 Å². The molecule has 1 aliphatic rings. The van der Waals surface area contributed by atoms with Crippen molar-refractivity contribution >= 4 is 12.0 Å². The van der Waals surface area contributed by atoms with Gasteiger partial charge in [-0.05, 0) is 18.9 Å². The zero-order valence-corrected chi connectivity index (χ0v) is 20.2. The number of nitrogens with zero attached hydrogens (tertiary/aromatic N) is 5. The van der Waals surface area contributed by atoms with Crippen molar-refractivity contribution in [3.8, 4) is 0 Å². The van der Waals surface area contributed by atoms with Gasteiger partial charge in [0.15, 0.2) is 0 Å². The van der Waals surface area contributed by atoms with Crippen LogP contribution in [-0.4, -0.2) is 80.8 Å². The first kappa shape index (κ1) is 25.6. The lowest BCUT2D eigenvalue weighted by atomic mass is 10.0. The summed E-state index contributed by atoms with van der Waals surface area (Å²) in [6.07, 6.45) is 1.95. The predicted molar refractivity (Wildman–Crippen MR) is 125 cm³/mol. The molecule has 2 amide bonds. The number of aryl methyl sites for hydroxylation is 1.